The first-order valence-electron chi connectivity index (χ1n) is 3.58. The van der Waals surface area contributed by atoms with Gasteiger partial charge in [0.15, 0.2) is 5.82 Å². The summed E-state index contributed by atoms with van der Waals surface area (Å²) >= 11 is 5.32. The smallest absolute Gasteiger partial charge is 0.240 e. The number of nitrogens with one attached hydrogen (secondary N) is 1. The highest BCUT2D eigenvalue weighted by Gasteiger charge is 1.99. The normalized spacial score (nSPS) is 11.2. The number of rotatable bonds is 4. The van der Waals surface area contributed by atoms with Crippen molar-refractivity contribution in [1.82, 2.24) is 15.5 Å². The summed E-state index contributed by atoms with van der Waals surface area (Å²) in [6, 6.07) is 0. The lowest BCUT2D eigenvalue weighted by molar-refractivity contribution is 0.366. The first kappa shape index (κ1) is 9.22. The van der Waals surface area contributed by atoms with E-state index in [1.807, 2.05) is 0 Å². The number of aryl methyl sites for hydroxylation is 1. The van der Waals surface area contributed by atoms with Crippen LogP contribution in [0.25, 0.3) is 0 Å². The van der Waals surface area contributed by atoms with Crippen molar-refractivity contribution in [3.63, 3.8) is 0 Å². The number of nitrogens with zero attached hydrogens (tertiary/aromatic N) is 2. The molecule has 0 aliphatic rings. The number of hydrogen-bond donors (Lipinski definition) is 1. The molecule has 0 aromatic carbocycles. The predicted molar refractivity (Wildman–Crippen MR) is 45.7 cm³/mol. The van der Waals surface area contributed by atoms with Gasteiger partial charge in [-0.2, -0.15) is 4.98 Å². The van der Waals surface area contributed by atoms with Crippen LogP contribution in [0.5, 0.6) is 0 Å². The van der Waals surface area contributed by atoms with E-state index < -0.39 is 0 Å². The molecule has 66 valence electrons. The molecule has 0 unspecified atom stereocenters. The lowest BCUT2D eigenvalue weighted by Gasteiger charge is -1.93. The maximum Gasteiger partial charge on any atom is 0.240 e. The Bertz CT molecular complexity index is 259. The molecule has 5 heteroatoms. The van der Waals surface area contributed by atoms with Gasteiger partial charge in [-0.15, -0.1) is 0 Å². The largest absolute Gasteiger partial charge is 0.338 e. The second-order valence-corrected chi connectivity index (χ2v) is 2.48. The van der Waals surface area contributed by atoms with Gasteiger partial charge < -0.3 is 9.84 Å². The van der Waals surface area contributed by atoms with E-state index in [4.69, 9.17) is 16.1 Å². The molecule has 0 aliphatic heterocycles. The lowest BCUT2D eigenvalue weighted by atomic mass is 10.5. The van der Waals surface area contributed by atoms with Crippen LogP contribution >= 0.6 is 11.6 Å². The zero-order valence-corrected chi connectivity index (χ0v) is 7.51. The van der Waals surface area contributed by atoms with Gasteiger partial charge in [0.25, 0.3) is 0 Å². The van der Waals surface area contributed by atoms with Crippen molar-refractivity contribution in [1.29, 1.82) is 0 Å². The Morgan fingerprint density at radius 2 is 2.50 bits per heavy atom. The van der Waals surface area contributed by atoms with E-state index in [9.17, 15) is 0 Å². The summed E-state index contributed by atoms with van der Waals surface area (Å²) in [6.07, 6.45) is 1.80. The number of aromatic nitrogens is 2. The second kappa shape index (κ2) is 4.90. The topological polar surface area (TPSA) is 51.0 Å². The van der Waals surface area contributed by atoms with Gasteiger partial charge in [0.05, 0.1) is 6.54 Å². The van der Waals surface area contributed by atoms with Crippen LogP contribution in [0.2, 0.25) is 0 Å². The van der Waals surface area contributed by atoms with Gasteiger partial charge in [-0.3, -0.25) is 0 Å². The maximum absolute atomic E-state index is 5.32. The van der Waals surface area contributed by atoms with Crippen molar-refractivity contribution in [3.05, 3.63) is 23.3 Å². The first-order chi connectivity index (χ1) is 5.83. The quantitative estimate of drug-likeness (QED) is 0.721. The van der Waals surface area contributed by atoms with Crippen LogP contribution < -0.4 is 5.32 Å². The van der Waals surface area contributed by atoms with Crippen molar-refractivity contribution in [2.75, 3.05) is 6.54 Å². The molecular formula is C7H10ClN3O. The molecule has 0 saturated carbocycles. The zero-order valence-electron chi connectivity index (χ0n) is 6.75. The predicted octanol–water partition coefficient (Wildman–Crippen LogP) is 1.22. The molecule has 1 aromatic rings. The summed E-state index contributed by atoms with van der Waals surface area (Å²) in [6.45, 7) is 3.05. The van der Waals surface area contributed by atoms with E-state index in [1.54, 1.807) is 13.0 Å². The van der Waals surface area contributed by atoms with Crippen LogP contribution in [0.15, 0.2) is 16.1 Å². The van der Waals surface area contributed by atoms with Gasteiger partial charge >= 0.3 is 0 Å². The summed E-state index contributed by atoms with van der Waals surface area (Å²) in [5.41, 5.74) is 1.46. The average molecular weight is 188 g/mol. The third-order valence-corrected chi connectivity index (χ3v) is 1.38. The second-order valence-electron chi connectivity index (χ2n) is 2.23. The molecule has 1 aromatic heterocycles. The summed E-state index contributed by atoms with van der Waals surface area (Å²) in [5, 5.41) is 6.69. The number of halogens is 1. The third kappa shape index (κ3) is 3.02. The van der Waals surface area contributed by atoms with Gasteiger partial charge in [-0.05, 0) is 6.92 Å². The Balaban J connectivity index is 2.24. The summed E-state index contributed by atoms with van der Waals surface area (Å²) in [4.78, 5) is 4.01. The van der Waals surface area contributed by atoms with Crippen LogP contribution in [-0.4, -0.2) is 16.7 Å². The Hall–Kier alpha value is -0.870. The van der Waals surface area contributed by atoms with Gasteiger partial charge in [0.1, 0.15) is 0 Å². The fraction of sp³-hybridized carbons (Fsp3) is 0.429. The molecule has 0 aliphatic carbocycles. The molecule has 1 N–H and O–H groups in total. The molecule has 4 nitrogen and oxygen atoms in total. The van der Waals surface area contributed by atoms with Crippen LogP contribution in [0.3, 0.4) is 0 Å². The average Bonchev–Trinajstić information content (AvgIpc) is 2.45. The minimum atomic E-state index is 0.571. The zero-order chi connectivity index (χ0) is 8.81. The molecular weight excluding hydrogens is 178 g/mol. The molecule has 0 radical (unpaired) electrons. The van der Waals surface area contributed by atoms with Crippen molar-refractivity contribution >= 4 is 11.6 Å². The van der Waals surface area contributed by atoms with E-state index in [1.165, 1.54) is 5.54 Å². The van der Waals surface area contributed by atoms with E-state index >= 15 is 0 Å². The highest BCUT2D eigenvalue weighted by atomic mass is 35.5. The minimum absolute atomic E-state index is 0.571. The van der Waals surface area contributed by atoms with Crippen molar-refractivity contribution in [3.8, 4) is 0 Å². The molecule has 0 amide bonds. The van der Waals surface area contributed by atoms with Crippen molar-refractivity contribution < 1.29 is 4.52 Å². The molecule has 0 saturated heterocycles. The Labute approximate surface area is 75.6 Å². The standard InChI is InChI=1S/C7H10ClN3O/c1-6-10-7(12-11-6)5-9-4-2-3-8/h2-3,9H,4-5H2,1H3/b3-2+. The minimum Gasteiger partial charge on any atom is -0.338 e. The Kier molecular flexibility index (Phi) is 3.76. The van der Waals surface area contributed by atoms with E-state index in [2.05, 4.69) is 15.5 Å². The van der Waals surface area contributed by atoms with E-state index in [0.717, 1.165) is 0 Å². The fourth-order valence-corrected chi connectivity index (χ4v) is 0.808. The summed E-state index contributed by atoms with van der Waals surface area (Å²) in [7, 11) is 0. The summed E-state index contributed by atoms with van der Waals surface area (Å²) < 4.78 is 4.86. The monoisotopic (exact) mass is 187 g/mol. The van der Waals surface area contributed by atoms with Gasteiger partial charge in [-0.1, -0.05) is 22.8 Å². The highest BCUT2D eigenvalue weighted by Crippen LogP contribution is 1.93. The highest BCUT2D eigenvalue weighted by molar-refractivity contribution is 6.25. The van der Waals surface area contributed by atoms with Crippen LogP contribution in [-0.2, 0) is 6.54 Å². The van der Waals surface area contributed by atoms with Crippen LogP contribution in [0, 0.1) is 6.92 Å². The molecule has 0 atom stereocenters. The van der Waals surface area contributed by atoms with Gasteiger partial charge in [0, 0.05) is 12.1 Å². The van der Waals surface area contributed by atoms with Crippen LogP contribution in [0.1, 0.15) is 11.7 Å². The molecule has 0 spiro atoms. The summed E-state index contributed by atoms with van der Waals surface area (Å²) in [5.74, 6) is 1.25. The fourth-order valence-electron chi connectivity index (χ4n) is 0.719. The molecule has 12 heavy (non-hydrogen) atoms. The Morgan fingerprint density at radius 1 is 1.67 bits per heavy atom. The van der Waals surface area contributed by atoms with E-state index in [0.29, 0.717) is 24.8 Å². The third-order valence-electron chi connectivity index (χ3n) is 1.20. The molecule has 1 rings (SSSR count). The van der Waals surface area contributed by atoms with Crippen LogP contribution in [0.4, 0.5) is 0 Å². The first-order valence-corrected chi connectivity index (χ1v) is 4.01. The van der Waals surface area contributed by atoms with Gasteiger partial charge in [0.2, 0.25) is 5.89 Å². The van der Waals surface area contributed by atoms with E-state index in [-0.39, 0.29) is 0 Å². The SMILES string of the molecule is Cc1noc(CNC/C=C/Cl)n1. The molecule has 0 bridgehead atoms. The Morgan fingerprint density at radius 3 is 3.08 bits per heavy atom. The maximum atomic E-state index is 5.32. The van der Waals surface area contributed by atoms with Gasteiger partial charge in [-0.25, -0.2) is 0 Å². The van der Waals surface area contributed by atoms with Crippen molar-refractivity contribution in [2.45, 2.75) is 13.5 Å². The molecule has 1 heterocycles. The number of hydrogen-bond acceptors (Lipinski definition) is 4. The van der Waals surface area contributed by atoms with Crippen molar-refractivity contribution in [2.24, 2.45) is 0 Å². The molecule has 0 fully saturated rings. The lowest BCUT2D eigenvalue weighted by Crippen LogP contribution is -2.12.